The van der Waals surface area contributed by atoms with Crippen molar-refractivity contribution in [2.45, 2.75) is 38.5 Å². The van der Waals surface area contributed by atoms with E-state index in [-0.39, 0.29) is 17.5 Å². The molecule has 0 aromatic carbocycles. The fraction of sp³-hybridized carbons (Fsp3) is 0.889. The van der Waals surface area contributed by atoms with Crippen LogP contribution in [0.2, 0.25) is 0 Å². The van der Waals surface area contributed by atoms with Crippen LogP contribution in [0.15, 0.2) is 0 Å². The lowest BCUT2D eigenvalue weighted by Crippen LogP contribution is -2.50. The first-order valence-electron chi connectivity index (χ1n) is 4.99. The molecule has 0 spiro atoms. The molecular formula is C9H15F3N2O. The molecule has 88 valence electrons. The van der Waals surface area contributed by atoms with Gasteiger partial charge in [-0.05, 0) is 19.4 Å². The van der Waals surface area contributed by atoms with Gasteiger partial charge in [-0.3, -0.25) is 9.69 Å². The monoisotopic (exact) mass is 224 g/mol. The summed E-state index contributed by atoms with van der Waals surface area (Å²) in [6.45, 7) is 1.39. The van der Waals surface area contributed by atoms with Crippen molar-refractivity contribution < 1.29 is 18.0 Å². The van der Waals surface area contributed by atoms with E-state index in [1.165, 1.54) is 0 Å². The number of nitrogens with zero attached hydrogens (tertiary/aromatic N) is 1. The minimum Gasteiger partial charge on any atom is -0.312 e. The molecule has 1 atom stereocenters. The molecule has 0 unspecified atom stereocenters. The lowest BCUT2D eigenvalue weighted by Gasteiger charge is -2.30. The molecule has 1 saturated heterocycles. The summed E-state index contributed by atoms with van der Waals surface area (Å²) in [5.41, 5.74) is 0. The van der Waals surface area contributed by atoms with Gasteiger partial charge in [-0.2, -0.15) is 0 Å². The Bertz CT molecular complexity index is 224. The smallest absolute Gasteiger partial charge is 0.312 e. The molecule has 15 heavy (non-hydrogen) atoms. The molecule has 3 nitrogen and oxygen atoms in total. The summed E-state index contributed by atoms with van der Waals surface area (Å²) < 4.78 is 37.2. The molecule has 0 bridgehead atoms. The van der Waals surface area contributed by atoms with Crippen molar-refractivity contribution in [2.75, 3.05) is 13.1 Å². The lowest BCUT2D eigenvalue weighted by atomic mass is 10.0. The van der Waals surface area contributed by atoms with Gasteiger partial charge in [-0.15, -0.1) is 13.2 Å². The zero-order valence-electron chi connectivity index (χ0n) is 8.60. The van der Waals surface area contributed by atoms with E-state index in [0.29, 0.717) is 6.42 Å². The Labute approximate surface area is 86.6 Å². The molecule has 0 aromatic heterocycles. The van der Waals surface area contributed by atoms with Crippen molar-refractivity contribution in [3.8, 4) is 0 Å². The topological polar surface area (TPSA) is 32.3 Å². The maximum Gasteiger partial charge on any atom is 0.487 e. The molecule has 1 aliphatic rings. The van der Waals surface area contributed by atoms with Gasteiger partial charge in [0.05, 0.1) is 0 Å². The molecule has 1 aliphatic heterocycles. The average molecular weight is 224 g/mol. The minimum absolute atomic E-state index is 0.0318. The van der Waals surface area contributed by atoms with Crippen molar-refractivity contribution >= 4 is 5.91 Å². The Hall–Kier alpha value is -0.780. The highest BCUT2D eigenvalue weighted by Gasteiger charge is 2.40. The molecule has 0 radical (unpaired) electrons. The van der Waals surface area contributed by atoms with E-state index in [1.807, 2.05) is 0 Å². The van der Waals surface area contributed by atoms with Gasteiger partial charge >= 0.3 is 6.30 Å². The van der Waals surface area contributed by atoms with Gasteiger partial charge < -0.3 is 5.32 Å². The van der Waals surface area contributed by atoms with Crippen molar-refractivity contribution in [3.05, 3.63) is 0 Å². The van der Waals surface area contributed by atoms with Crippen LogP contribution in [-0.4, -0.2) is 36.2 Å². The van der Waals surface area contributed by atoms with Crippen LogP contribution < -0.4 is 5.32 Å². The van der Waals surface area contributed by atoms with E-state index >= 15 is 0 Å². The Kier molecular flexibility index (Phi) is 3.96. The Morgan fingerprint density at radius 2 is 2.13 bits per heavy atom. The van der Waals surface area contributed by atoms with Crippen LogP contribution in [0.5, 0.6) is 0 Å². The van der Waals surface area contributed by atoms with Gasteiger partial charge in [-0.25, -0.2) is 0 Å². The number of amides is 1. The second kappa shape index (κ2) is 4.83. The molecule has 1 heterocycles. The van der Waals surface area contributed by atoms with Crippen LogP contribution in [0.1, 0.15) is 26.2 Å². The molecule has 0 aliphatic carbocycles. The van der Waals surface area contributed by atoms with Crippen LogP contribution in [0.4, 0.5) is 13.2 Å². The zero-order chi connectivity index (χ0) is 11.5. The van der Waals surface area contributed by atoms with Gasteiger partial charge in [0.2, 0.25) is 5.91 Å². The number of carbonyl (C=O) groups is 1. The maximum absolute atomic E-state index is 12.4. The number of hydrogen-bond donors (Lipinski definition) is 1. The zero-order valence-corrected chi connectivity index (χ0v) is 8.60. The number of piperidine rings is 1. The van der Waals surface area contributed by atoms with E-state index in [2.05, 4.69) is 5.32 Å². The minimum atomic E-state index is -4.56. The summed E-state index contributed by atoms with van der Waals surface area (Å²) in [6.07, 6.45) is -1.96. The first-order valence-corrected chi connectivity index (χ1v) is 4.99. The summed E-state index contributed by atoms with van der Waals surface area (Å²) in [6, 6.07) is -0.232. The van der Waals surface area contributed by atoms with Gasteiger partial charge in [-0.1, -0.05) is 6.42 Å². The predicted molar refractivity (Wildman–Crippen MR) is 49.1 cm³/mol. The largest absolute Gasteiger partial charge is 0.487 e. The first-order chi connectivity index (χ1) is 6.91. The molecule has 6 heteroatoms. The molecule has 0 aromatic rings. The normalized spacial score (nSPS) is 22.5. The number of halogens is 3. The highest BCUT2D eigenvalue weighted by atomic mass is 19.4. The van der Waals surface area contributed by atoms with Crippen LogP contribution in [0, 0.1) is 0 Å². The Balaban J connectivity index is 2.54. The van der Waals surface area contributed by atoms with E-state index in [0.717, 1.165) is 26.3 Å². The third kappa shape index (κ3) is 3.70. The number of carbonyl (C=O) groups excluding carboxylic acids is 1. The van der Waals surface area contributed by atoms with Crippen LogP contribution in [0.25, 0.3) is 0 Å². The maximum atomic E-state index is 12.4. The summed E-state index contributed by atoms with van der Waals surface area (Å²) in [4.78, 5) is 10.8. The number of hydrogen-bond acceptors (Lipinski definition) is 2. The van der Waals surface area contributed by atoms with Crippen molar-refractivity contribution in [1.82, 2.24) is 10.2 Å². The molecule has 1 rings (SSSR count). The number of rotatable bonds is 2. The SMILES string of the molecule is CC(=O)N(C[C@H]1CCCCN1)C(F)(F)F. The van der Waals surface area contributed by atoms with E-state index in [1.54, 1.807) is 0 Å². The number of alkyl halides is 3. The van der Waals surface area contributed by atoms with Crippen LogP contribution in [0.3, 0.4) is 0 Å². The standard InChI is InChI=1S/C9H15F3N2O/c1-7(15)14(9(10,11)12)6-8-4-2-3-5-13-8/h8,13H,2-6H2,1H3/t8-/m1/s1. The van der Waals surface area contributed by atoms with Gasteiger partial charge in [0.1, 0.15) is 0 Å². The molecule has 0 saturated carbocycles. The van der Waals surface area contributed by atoms with E-state index in [4.69, 9.17) is 0 Å². The summed E-state index contributed by atoms with van der Waals surface area (Å²) in [5, 5.41) is 2.98. The van der Waals surface area contributed by atoms with Gasteiger partial charge in [0, 0.05) is 19.5 Å². The molecular weight excluding hydrogens is 209 g/mol. The van der Waals surface area contributed by atoms with Crippen molar-refractivity contribution in [1.29, 1.82) is 0 Å². The fourth-order valence-electron chi connectivity index (χ4n) is 1.71. The van der Waals surface area contributed by atoms with Crippen LogP contribution in [-0.2, 0) is 4.79 Å². The van der Waals surface area contributed by atoms with E-state index < -0.39 is 12.2 Å². The second-order valence-electron chi connectivity index (χ2n) is 3.74. The van der Waals surface area contributed by atoms with E-state index in [9.17, 15) is 18.0 Å². The molecule has 1 amide bonds. The van der Waals surface area contributed by atoms with Gasteiger partial charge in [0.15, 0.2) is 0 Å². The first kappa shape index (κ1) is 12.3. The lowest BCUT2D eigenvalue weighted by molar-refractivity contribution is -0.241. The van der Waals surface area contributed by atoms with Crippen molar-refractivity contribution in [2.24, 2.45) is 0 Å². The Morgan fingerprint density at radius 3 is 2.53 bits per heavy atom. The summed E-state index contributed by atoms with van der Waals surface area (Å²) in [5.74, 6) is -0.949. The van der Waals surface area contributed by atoms with Crippen molar-refractivity contribution in [3.63, 3.8) is 0 Å². The third-order valence-electron chi connectivity index (χ3n) is 2.50. The number of nitrogens with one attached hydrogen (secondary N) is 1. The Morgan fingerprint density at radius 1 is 1.47 bits per heavy atom. The summed E-state index contributed by atoms with van der Waals surface area (Å²) >= 11 is 0. The van der Waals surface area contributed by atoms with Gasteiger partial charge in [0.25, 0.3) is 0 Å². The highest BCUT2D eigenvalue weighted by Crippen LogP contribution is 2.22. The fourth-order valence-corrected chi connectivity index (χ4v) is 1.71. The molecule has 1 fully saturated rings. The highest BCUT2D eigenvalue weighted by molar-refractivity contribution is 5.73. The molecule has 1 N–H and O–H groups in total. The van der Waals surface area contributed by atoms with Crippen LogP contribution >= 0.6 is 0 Å². The quantitative estimate of drug-likeness (QED) is 0.721. The average Bonchev–Trinajstić information content (AvgIpc) is 2.13. The summed E-state index contributed by atoms with van der Waals surface area (Å²) in [7, 11) is 0. The predicted octanol–water partition coefficient (Wildman–Crippen LogP) is 1.50. The second-order valence-corrected chi connectivity index (χ2v) is 3.74. The third-order valence-corrected chi connectivity index (χ3v) is 2.50.